The Bertz CT molecular complexity index is 3630. The molecule has 14 heteroatoms. The summed E-state index contributed by atoms with van der Waals surface area (Å²) < 4.78 is 55.3. The van der Waals surface area contributed by atoms with E-state index in [1.165, 1.54) is 33.9 Å². The molecule has 390 valence electrons. The molecule has 2 heterocycles. The van der Waals surface area contributed by atoms with E-state index in [0.717, 1.165) is 88.7 Å². The van der Waals surface area contributed by atoms with Crippen LogP contribution in [0, 0.1) is 12.3 Å². The predicted octanol–water partition coefficient (Wildman–Crippen LogP) is 15.8. The van der Waals surface area contributed by atoms with E-state index in [9.17, 15) is 13.5 Å². The fraction of sp³-hybridized carbons (Fsp3) is 0.258. The summed E-state index contributed by atoms with van der Waals surface area (Å²) in [6.45, 7) is 9.49. The van der Waals surface area contributed by atoms with Crippen LogP contribution in [-0.2, 0) is 25.9 Å². The zero-order valence-corrected chi connectivity index (χ0v) is 45.8. The lowest BCUT2D eigenvalue weighted by Gasteiger charge is -2.37. The summed E-state index contributed by atoms with van der Waals surface area (Å²) in [5.74, 6) is 0.544. The maximum Gasteiger partial charge on any atom is 0.285 e. The summed E-state index contributed by atoms with van der Waals surface area (Å²) in [5.41, 5.74) is 7.39. The van der Waals surface area contributed by atoms with E-state index >= 15 is 0 Å². The predicted molar refractivity (Wildman–Crippen MR) is 310 cm³/mol. The number of halogens is 2. The second kappa shape index (κ2) is 23.5. The Morgan fingerprint density at radius 3 is 2.18 bits per heavy atom. The van der Waals surface area contributed by atoms with Crippen LogP contribution in [0.5, 0.6) is 11.5 Å². The van der Waals surface area contributed by atoms with Crippen molar-refractivity contribution in [3.63, 3.8) is 0 Å². The molecule has 1 aliphatic heterocycles. The van der Waals surface area contributed by atoms with Crippen LogP contribution in [0.3, 0.4) is 0 Å². The van der Waals surface area contributed by atoms with E-state index in [2.05, 4.69) is 61.4 Å². The van der Waals surface area contributed by atoms with Crippen LogP contribution >= 0.6 is 34.5 Å². The minimum absolute atomic E-state index is 0.0233. The van der Waals surface area contributed by atoms with Crippen LogP contribution in [0.1, 0.15) is 74.5 Å². The van der Waals surface area contributed by atoms with Crippen molar-refractivity contribution in [3.05, 3.63) is 184 Å². The SMILES string of the molecule is CCCc1ccc2cc(-c3ccc(-c4ccc(C(O)Oc5c(/C=N/N(c6nc7ccccc7s6)S(=O)(=O)c6ccc(C)cc6)c(Cl)c(OCCCCCCOCC6(C)COC6)c6ccccc56)cc4)c(Cl)c3)ccc2c1. The summed E-state index contributed by atoms with van der Waals surface area (Å²) >= 11 is 15.6. The van der Waals surface area contributed by atoms with Crippen molar-refractivity contribution in [1.82, 2.24) is 4.98 Å². The first-order valence-corrected chi connectivity index (χ1v) is 28.7. The van der Waals surface area contributed by atoms with Crippen molar-refractivity contribution in [2.24, 2.45) is 10.5 Å². The molecule has 1 unspecified atom stereocenters. The number of benzene rings is 8. The zero-order valence-electron chi connectivity index (χ0n) is 42.7. The number of ether oxygens (including phenoxy) is 4. The van der Waals surface area contributed by atoms with Crippen LogP contribution in [0.15, 0.2) is 162 Å². The average molecular weight is 1090 g/mol. The molecule has 0 amide bonds. The van der Waals surface area contributed by atoms with Crippen molar-refractivity contribution in [3.8, 4) is 33.8 Å². The van der Waals surface area contributed by atoms with E-state index in [-0.39, 0.29) is 31.8 Å². The average Bonchev–Trinajstić information content (AvgIpc) is 3.86. The fourth-order valence-corrected chi connectivity index (χ4v) is 12.3. The summed E-state index contributed by atoms with van der Waals surface area (Å²) in [5, 5.41) is 21.1. The number of hydrazone groups is 1. The van der Waals surface area contributed by atoms with Gasteiger partial charge < -0.3 is 24.1 Å². The zero-order chi connectivity index (χ0) is 52.8. The number of aliphatic hydroxyl groups excluding tert-OH is 1. The van der Waals surface area contributed by atoms with Crippen LogP contribution < -0.4 is 13.9 Å². The Morgan fingerprint density at radius 1 is 0.789 bits per heavy atom. The Balaban J connectivity index is 0.944. The Labute approximate surface area is 458 Å². The van der Waals surface area contributed by atoms with E-state index in [1.807, 2.05) is 79.7 Å². The van der Waals surface area contributed by atoms with E-state index in [0.29, 0.717) is 52.4 Å². The van der Waals surface area contributed by atoms with Gasteiger partial charge in [-0.3, -0.25) is 0 Å². The second-order valence-electron chi connectivity index (χ2n) is 19.8. The number of fused-ring (bicyclic) bond motifs is 3. The van der Waals surface area contributed by atoms with Gasteiger partial charge >= 0.3 is 0 Å². The molecule has 1 atom stereocenters. The lowest BCUT2D eigenvalue weighted by Crippen LogP contribution is -2.43. The van der Waals surface area contributed by atoms with Gasteiger partial charge in [-0.05, 0) is 102 Å². The molecule has 1 saturated heterocycles. The number of unbranched alkanes of at least 4 members (excludes halogenated alkanes) is 3. The molecule has 0 spiro atoms. The smallest absolute Gasteiger partial charge is 0.285 e. The minimum atomic E-state index is -4.33. The normalized spacial score (nSPS) is 13.9. The minimum Gasteiger partial charge on any atom is -0.491 e. The number of rotatable bonds is 22. The highest BCUT2D eigenvalue weighted by atomic mass is 35.5. The standard InChI is InChI=1S/C62H59Cl2N3O7S2/c1-4-13-42-20-21-46-35-47(27-26-45(46)34-42)48-28-31-50(54(63)36-48)43-22-24-44(25-23-43)60(68)74-58-51-14-7-8-15-52(51)59(73-33-12-6-5-11-32-71-38-62(3)39-72-40-62)57(64)53(58)37-65-67(61-66-55-16-9-10-17-56(55)75-61)76(69,70)49-29-18-41(2)19-30-49/h7-10,14-31,34-37,60,68H,4-6,11-13,32-33,38-40H2,1-3H3/b65-37+. The number of thiazole rings is 1. The third-order valence-electron chi connectivity index (χ3n) is 13.6. The topological polar surface area (TPSA) is 120 Å². The molecule has 0 bridgehead atoms. The number of hydrogen-bond acceptors (Lipinski definition) is 10. The molecule has 0 radical (unpaired) electrons. The summed E-state index contributed by atoms with van der Waals surface area (Å²) in [4.78, 5) is 4.73. The third-order valence-corrected chi connectivity index (χ3v) is 17.1. The first kappa shape index (κ1) is 53.1. The van der Waals surface area contributed by atoms with E-state index in [4.69, 9.17) is 47.1 Å². The quantitative estimate of drug-likeness (QED) is 0.0308. The molecule has 1 fully saturated rings. The number of hydrogen-bond donors (Lipinski definition) is 1. The maximum absolute atomic E-state index is 14.6. The third kappa shape index (κ3) is 11.8. The maximum atomic E-state index is 14.6. The van der Waals surface area contributed by atoms with Gasteiger partial charge in [0, 0.05) is 38.9 Å². The summed E-state index contributed by atoms with van der Waals surface area (Å²) in [6.07, 6.45) is 5.58. The highest BCUT2D eigenvalue weighted by Crippen LogP contribution is 2.45. The molecule has 0 aliphatic carbocycles. The fourth-order valence-electron chi connectivity index (χ4n) is 9.37. The molecule has 1 N–H and O–H groups in total. The van der Waals surface area contributed by atoms with Crippen molar-refractivity contribution < 1.29 is 32.5 Å². The lowest BCUT2D eigenvalue weighted by molar-refractivity contribution is -0.137. The molecular formula is C62H59Cl2N3O7S2. The molecule has 10 rings (SSSR count). The molecule has 1 aromatic heterocycles. The first-order chi connectivity index (χ1) is 36.9. The van der Waals surface area contributed by atoms with Gasteiger partial charge in [0.1, 0.15) is 11.5 Å². The van der Waals surface area contributed by atoms with E-state index < -0.39 is 16.3 Å². The molecule has 0 saturated carbocycles. The number of aryl methyl sites for hydroxylation is 2. The number of anilines is 1. The second-order valence-corrected chi connectivity index (χ2v) is 23.3. The summed E-state index contributed by atoms with van der Waals surface area (Å²) in [6, 6.07) is 48.0. The van der Waals surface area contributed by atoms with E-state index in [1.54, 1.807) is 36.4 Å². The van der Waals surface area contributed by atoms with Crippen molar-refractivity contribution in [2.75, 3.05) is 37.4 Å². The number of sulfonamides is 1. The van der Waals surface area contributed by atoms with Crippen molar-refractivity contribution in [2.45, 2.75) is 70.5 Å². The van der Waals surface area contributed by atoms with Crippen LogP contribution in [0.25, 0.3) is 54.0 Å². The highest BCUT2D eigenvalue weighted by molar-refractivity contribution is 7.93. The molecule has 10 nitrogen and oxygen atoms in total. The number of aromatic nitrogens is 1. The van der Waals surface area contributed by atoms with Gasteiger partial charge in [-0.15, -0.1) is 4.41 Å². The highest BCUT2D eigenvalue weighted by Gasteiger charge is 2.33. The van der Waals surface area contributed by atoms with Crippen LogP contribution in [0.2, 0.25) is 10.0 Å². The van der Waals surface area contributed by atoms with Gasteiger partial charge in [-0.2, -0.15) is 13.5 Å². The first-order valence-electron chi connectivity index (χ1n) is 25.7. The summed E-state index contributed by atoms with van der Waals surface area (Å²) in [7, 11) is -4.33. The van der Waals surface area contributed by atoms with Gasteiger partial charge in [0.05, 0.1) is 58.3 Å². The van der Waals surface area contributed by atoms with Gasteiger partial charge in [0.25, 0.3) is 10.0 Å². The largest absolute Gasteiger partial charge is 0.491 e. The number of aliphatic hydroxyl groups is 1. The van der Waals surface area contributed by atoms with Gasteiger partial charge in [0.2, 0.25) is 11.4 Å². The van der Waals surface area contributed by atoms with Crippen molar-refractivity contribution in [1.29, 1.82) is 0 Å². The van der Waals surface area contributed by atoms with Gasteiger partial charge in [0.15, 0.2) is 0 Å². The molecular weight excluding hydrogens is 1030 g/mol. The Hall–Kier alpha value is -6.35. The van der Waals surface area contributed by atoms with Gasteiger partial charge in [-0.1, -0.05) is 182 Å². The monoisotopic (exact) mass is 1090 g/mol. The lowest BCUT2D eigenvalue weighted by atomic mass is 9.90. The van der Waals surface area contributed by atoms with Crippen LogP contribution in [-0.4, -0.2) is 57.8 Å². The molecule has 9 aromatic rings. The molecule has 8 aromatic carbocycles. The van der Waals surface area contributed by atoms with Gasteiger partial charge in [-0.25, -0.2) is 4.98 Å². The number of nitrogens with zero attached hydrogens (tertiary/aromatic N) is 3. The van der Waals surface area contributed by atoms with Crippen molar-refractivity contribution >= 4 is 87.7 Å². The Kier molecular flexibility index (Phi) is 16.4. The Morgan fingerprint density at radius 2 is 1.46 bits per heavy atom. The van der Waals surface area contributed by atoms with Crippen LogP contribution in [0.4, 0.5) is 5.13 Å². The molecule has 1 aliphatic rings. The molecule has 76 heavy (non-hydrogen) atoms. The number of para-hydroxylation sites is 1.